The molecule has 0 saturated carbocycles. The van der Waals surface area contributed by atoms with Crippen molar-refractivity contribution in [1.29, 1.82) is 0 Å². The average Bonchev–Trinajstić information content (AvgIpc) is 2.92. The lowest BCUT2D eigenvalue weighted by molar-refractivity contribution is 0.476. The van der Waals surface area contributed by atoms with Crippen molar-refractivity contribution < 1.29 is 5.11 Å². The second kappa shape index (κ2) is 5.14. The van der Waals surface area contributed by atoms with Gasteiger partial charge in [0.1, 0.15) is 5.75 Å². The summed E-state index contributed by atoms with van der Waals surface area (Å²) in [5.74, 6) is 0.230. The number of aromatic hydroxyl groups is 1. The van der Waals surface area contributed by atoms with Crippen LogP contribution < -0.4 is 0 Å². The molecule has 1 N–H and O–H groups in total. The minimum absolute atomic E-state index is 0.230. The quantitative estimate of drug-likeness (QED) is 0.543. The number of halogens is 1. The highest BCUT2D eigenvalue weighted by Crippen LogP contribution is 2.33. The molecule has 0 bridgehead atoms. The molecule has 0 atom stereocenters. The molecule has 0 aliphatic carbocycles. The van der Waals surface area contributed by atoms with Crippen LogP contribution in [-0.2, 0) is 0 Å². The summed E-state index contributed by atoms with van der Waals surface area (Å²) in [5.41, 5.74) is 3.65. The van der Waals surface area contributed by atoms with Crippen LogP contribution in [0.15, 0.2) is 61.3 Å². The summed E-state index contributed by atoms with van der Waals surface area (Å²) >= 11 is 6.02. The van der Waals surface area contributed by atoms with Gasteiger partial charge in [0.2, 0.25) is 0 Å². The highest BCUT2D eigenvalue weighted by Gasteiger charge is 2.11. The standard InChI is InChI=1S/C19H13ClN2O/c1-2-22-11-16(15-10-14(23)5-8-19(15)22)18-6-3-12-9-13(20)4-7-17(12)21-18/h2-11,23H,1H2. The van der Waals surface area contributed by atoms with Gasteiger partial charge in [-0.25, -0.2) is 4.98 Å². The second-order valence-corrected chi connectivity index (χ2v) is 5.80. The van der Waals surface area contributed by atoms with Crippen molar-refractivity contribution in [2.45, 2.75) is 0 Å². The van der Waals surface area contributed by atoms with Crippen LogP contribution in [0.25, 0.3) is 39.3 Å². The van der Waals surface area contributed by atoms with E-state index in [0.29, 0.717) is 5.02 Å². The zero-order chi connectivity index (χ0) is 16.0. The van der Waals surface area contributed by atoms with Gasteiger partial charge in [-0.1, -0.05) is 24.2 Å². The van der Waals surface area contributed by atoms with E-state index >= 15 is 0 Å². The van der Waals surface area contributed by atoms with E-state index in [0.717, 1.165) is 33.1 Å². The minimum atomic E-state index is 0.230. The van der Waals surface area contributed by atoms with Crippen molar-refractivity contribution >= 4 is 39.6 Å². The largest absolute Gasteiger partial charge is 0.508 e. The van der Waals surface area contributed by atoms with Gasteiger partial charge >= 0.3 is 0 Å². The van der Waals surface area contributed by atoms with E-state index in [4.69, 9.17) is 16.6 Å². The predicted molar refractivity (Wildman–Crippen MR) is 95.7 cm³/mol. The zero-order valence-corrected chi connectivity index (χ0v) is 13.0. The molecular weight excluding hydrogens is 308 g/mol. The summed E-state index contributed by atoms with van der Waals surface area (Å²) in [6, 6.07) is 14.9. The Balaban J connectivity index is 2.00. The van der Waals surface area contributed by atoms with Crippen molar-refractivity contribution in [2.24, 2.45) is 0 Å². The van der Waals surface area contributed by atoms with Crippen molar-refractivity contribution in [3.05, 3.63) is 66.3 Å². The monoisotopic (exact) mass is 320 g/mol. The molecule has 112 valence electrons. The molecule has 0 aliphatic heterocycles. The van der Waals surface area contributed by atoms with Crippen molar-refractivity contribution in [1.82, 2.24) is 9.55 Å². The zero-order valence-electron chi connectivity index (χ0n) is 12.2. The molecule has 0 amide bonds. The molecule has 0 aliphatic rings. The molecule has 0 spiro atoms. The van der Waals surface area contributed by atoms with Crippen molar-refractivity contribution in [3.63, 3.8) is 0 Å². The third-order valence-corrected chi connectivity index (χ3v) is 4.18. The van der Waals surface area contributed by atoms with Crippen molar-refractivity contribution in [3.8, 4) is 17.0 Å². The third-order valence-electron chi connectivity index (χ3n) is 3.94. The molecule has 4 rings (SSSR count). The van der Waals surface area contributed by atoms with Gasteiger partial charge in [-0.15, -0.1) is 0 Å². The molecule has 4 aromatic rings. The Labute approximate surface area is 138 Å². The number of phenolic OH excluding ortho intramolecular Hbond substituents is 1. The van der Waals surface area contributed by atoms with Gasteiger partial charge in [0.15, 0.2) is 0 Å². The fourth-order valence-corrected chi connectivity index (χ4v) is 3.03. The summed E-state index contributed by atoms with van der Waals surface area (Å²) in [7, 11) is 0. The van der Waals surface area contributed by atoms with Crippen LogP contribution in [0.1, 0.15) is 0 Å². The maximum absolute atomic E-state index is 9.82. The fraction of sp³-hybridized carbons (Fsp3) is 0. The number of phenols is 1. The van der Waals surface area contributed by atoms with Gasteiger partial charge in [0, 0.05) is 33.8 Å². The van der Waals surface area contributed by atoms with E-state index in [1.807, 2.05) is 47.2 Å². The van der Waals surface area contributed by atoms with E-state index in [-0.39, 0.29) is 5.75 Å². The lowest BCUT2D eigenvalue weighted by Crippen LogP contribution is -1.84. The van der Waals surface area contributed by atoms with Gasteiger partial charge in [0.05, 0.1) is 16.7 Å². The lowest BCUT2D eigenvalue weighted by Gasteiger charge is -2.03. The summed E-state index contributed by atoms with van der Waals surface area (Å²) in [4.78, 5) is 4.73. The Hall–Kier alpha value is -2.78. The van der Waals surface area contributed by atoms with E-state index in [2.05, 4.69) is 6.58 Å². The molecule has 2 aromatic heterocycles. The van der Waals surface area contributed by atoms with Crippen LogP contribution in [0.3, 0.4) is 0 Å². The summed E-state index contributed by atoms with van der Waals surface area (Å²) < 4.78 is 1.93. The SMILES string of the molecule is C=Cn1cc(-c2ccc3cc(Cl)ccc3n2)c2cc(O)ccc21. The molecular formula is C19H13ClN2O. The minimum Gasteiger partial charge on any atom is -0.508 e. The molecule has 2 heterocycles. The number of hydrogen-bond donors (Lipinski definition) is 1. The summed E-state index contributed by atoms with van der Waals surface area (Å²) in [6.45, 7) is 3.84. The van der Waals surface area contributed by atoms with Crippen LogP contribution in [0.4, 0.5) is 0 Å². The highest BCUT2D eigenvalue weighted by atomic mass is 35.5. The number of hydrogen-bond acceptors (Lipinski definition) is 2. The van der Waals surface area contributed by atoms with Gasteiger partial charge in [-0.05, 0) is 42.5 Å². The topological polar surface area (TPSA) is 38.0 Å². The first kappa shape index (κ1) is 13.9. The Morgan fingerprint density at radius 2 is 1.96 bits per heavy atom. The highest BCUT2D eigenvalue weighted by molar-refractivity contribution is 6.31. The Kier molecular flexibility index (Phi) is 3.10. The van der Waals surface area contributed by atoms with Gasteiger partial charge in [0.25, 0.3) is 0 Å². The van der Waals surface area contributed by atoms with Gasteiger partial charge in [-0.3, -0.25) is 0 Å². The molecule has 0 radical (unpaired) electrons. The fourth-order valence-electron chi connectivity index (χ4n) is 2.84. The van der Waals surface area contributed by atoms with Gasteiger partial charge < -0.3 is 9.67 Å². The Bertz CT molecular complexity index is 1070. The van der Waals surface area contributed by atoms with Crippen LogP contribution >= 0.6 is 11.6 Å². The normalized spacial score (nSPS) is 11.2. The molecule has 23 heavy (non-hydrogen) atoms. The summed E-state index contributed by atoms with van der Waals surface area (Å²) in [5, 5.41) is 12.4. The first-order chi connectivity index (χ1) is 11.2. The van der Waals surface area contributed by atoms with Crippen molar-refractivity contribution in [2.75, 3.05) is 0 Å². The molecule has 4 heteroatoms. The lowest BCUT2D eigenvalue weighted by atomic mass is 10.1. The third kappa shape index (κ3) is 2.26. The number of benzene rings is 2. The summed E-state index contributed by atoms with van der Waals surface area (Å²) in [6.07, 6.45) is 3.71. The molecule has 2 aromatic carbocycles. The smallest absolute Gasteiger partial charge is 0.116 e. The molecule has 0 unspecified atom stereocenters. The number of rotatable bonds is 2. The molecule has 3 nitrogen and oxygen atoms in total. The van der Waals surface area contributed by atoms with E-state index in [1.54, 1.807) is 18.3 Å². The second-order valence-electron chi connectivity index (χ2n) is 5.37. The number of fused-ring (bicyclic) bond motifs is 2. The van der Waals surface area contributed by atoms with Crippen LogP contribution in [0.5, 0.6) is 5.75 Å². The maximum Gasteiger partial charge on any atom is 0.116 e. The maximum atomic E-state index is 9.82. The van der Waals surface area contributed by atoms with Crippen LogP contribution in [0, 0.1) is 0 Å². The average molecular weight is 321 g/mol. The predicted octanol–water partition coefficient (Wildman–Crippen LogP) is 5.32. The van der Waals surface area contributed by atoms with E-state index in [9.17, 15) is 5.11 Å². The number of pyridine rings is 1. The Morgan fingerprint density at radius 1 is 1.09 bits per heavy atom. The molecule has 0 fully saturated rings. The molecule has 0 saturated heterocycles. The first-order valence-corrected chi connectivity index (χ1v) is 7.56. The number of aromatic nitrogens is 2. The Morgan fingerprint density at radius 3 is 2.78 bits per heavy atom. The first-order valence-electron chi connectivity index (χ1n) is 7.18. The van der Waals surface area contributed by atoms with Crippen LogP contribution in [0.2, 0.25) is 5.02 Å². The van der Waals surface area contributed by atoms with E-state index < -0.39 is 0 Å². The van der Waals surface area contributed by atoms with Crippen LogP contribution in [-0.4, -0.2) is 14.7 Å². The number of nitrogens with zero attached hydrogens (tertiary/aromatic N) is 2. The van der Waals surface area contributed by atoms with Gasteiger partial charge in [-0.2, -0.15) is 0 Å². The van der Waals surface area contributed by atoms with E-state index in [1.165, 1.54) is 0 Å².